The number of hydrogen-bond donors (Lipinski definition) is 1. The Kier molecular flexibility index (Phi) is 5.72. The van der Waals surface area contributed by atoms with Gasteiger partial charge in [-0.1, -0.05) is 38.1 Å². The largest absolute Gasteiger partial charge is 0.416 e. The molecule has 0 aliphatic rings. The maximum Gasteiger partial charge on any atom is 0.416 e. The molecule has 1 amide bonds. The highest BCUT2D eigenvalue weighted by atomic mass is 32.1. The summed E-state index contributed by atoms with van der Waals surface area (Å²) in [5.74, 6) is 0.430. The van der Waals surface area contributed by atoms with Gasteiger partial charge in [-0.3, -0.25) is 4.79 Å². The zero-order chi connectivity index (χ0) is 23.2. The van der Waals surface area contributed by atoms with E-state index in [4.69, 9.17) is 4.52 Å². The highest BCUT2D eigenvalue weighted by Gasteiger charge is 2.33. The van der Waals surface area contributed by atoms with Crippen LogP contribution in [0.2, 0.25) is 0 Å². The summed E-state index contributed by atoms with van der Waals surface area (Å²) in [6, 6.07) is 4.69. The van der Waals surface area contributed by atoms with Gasteiger partial charge in [0.25, 0.3) is 5.91 Å². The normalized spacial score (nSPS) is 12.8. The van der Waals surface area contributed by atoms with Gasteiger partial charge >= 0.3 is 6.18 Å². The molecule has 0 fully saturated rings. The summed E-state index contributed by atoms with van der Waals surface area (Å²) >= 11 is 1.11. The topological polar surface area (TPSA) is 80.9 Å². The molecule has 166 valence electrons. The van der Waals surface area contributed by atoms with Crippen molar-refractivity contribution in [3.05, 3.63) is 52.1 Å². The third-order valence-electron chi connectivity index (χ3n) is 4.51. The minimum atomic E-state index is -4.41. The molecule has 2 heterocycles. The summed E-state index contributed by atoms with van der Waals surface area (Å²) in [6.45, 7) is 11.0. The Labute approximate surface area is 181 Å². The first-order valence-corrected chi connectivity index (χ1v) is 10.3. The number of nitrogens with zero attached hydrogens (tertiary/aromatic N) is 3. The number of thiazole rings is 1. The van der Waals surface area contributed by atoms with E-state index in [1.807, 2.05) is 20.8 Å². The van der Waals surface area contributed by atoms with Crippen LogP contribution in [-0.2, 0) is 17.1 Å². The van der Waals surface area contributed by atoms with Crippen LogP contribution < -0.4 is 5.32 Å². The van der Waals surface area contributed by atoms with Crippen molar-refractivity contribution in [2.45, 2.75) is 58.7 Å². The average molecular weight is 453 g/mol. The number of carbonyl (C=O) groups excluding carboxylic acids is 1. The Hall–Kier alpha value is -2.75. The number of hydrogen-bond acceptors (Lipinski definition) is 6. The SMILES string of the molecule is Cc1nc(-c2ccc(C(F)(F)F)cc2)sc1C(=O)NC(C)(C)c1noc(C(C)(C)C)n1. The molecule has 0 saturated heterocycles. The molecule has 3 rings (SSSR count). The van der Waals surface area contributed by atoms with Crippen LogP contribution in [0.25, 0.3) is 10.6 Å². The van der Waals surface area contributed by atoms with Gasteiger partial charge in [0, 0.05) is 11.0 Å². The van der Waals surface area contributed by atoms with Crippen LogP contribution in [0.15, 0.2) is 28.8 Å². The standard InChI is InChI=1S/C21H23F3N4O2S/c1-11-14(31-16(25-11)12-7-9-13(10-8-12)21(22,23)24)15(29)27-20(5,6)17-26-18(30-28-17)19(2,3)4/h7-10H,1-6H3,(H,27,29). The molecule has 0 unspecified atom stereocenters. The van der Waals surface area contributed by atoms with E-state index in [1.54, 1.807) is 20.8 Å². The van der Waals surface area contributed by atoms with Crippen molar-refractivity contribution in [2.24, 2.45) is 0 Å². The smallest absolute Gasteiger partial charge is 0.339 e. The van der Waals surface area contributed by atoms with Crippen molar-refractivity contribution in [3.8, 4) is 10.6 Å². The molecular weight excluding hydrogens is 429 g/mol. The van der Waals surface area contributed by atoms with Crippen molar-refractivity contribution in [1.82, 2.24) is 20.4 Å². The molecule has 10 heteroatoms. The molecule has 0 saturated carbocycles. The minimum Gasteiger partial charge on any atom is -0.339 e. The Morgan fingerprint density at radius 2 is 1.65 bits per heavy atom. The molecular formula is C21H23F3N4O2S. The molecule has 0 radical (unpaired) electrons. The van der Waals surface area contributed by atoms with E-state index in [1.165, 1.54) is 12.1 Å². The van der Waals surface area contributed by atoms with Gasteiger partial charge in [0.15, 0.2) is 5.82 Å². The van der Waals surface area contributed by atoms with Crippen LogP contribution in [0.3, 0.4) is 0 Å². The first-order valence-electron chi connectivity index (χ1n) is 9.51. The summed E-state index contributed by atoms with van der Waals surface area (Å²) in [4.78, 5) is 22.0. The van der Waals surface area contributed by atoms with Gasteiger partial charge < -0.3 is 9.84 Å². The molecule has 0 bridgehead atoms. The minimum absolute atomic E-state index is 0.323. The monoisotopic (exact) mass is 452 g/mol. The summed E-state index contributed by atoms with van der Waals surface area (Å²) in [5, 5.41) is 7.35. The maximum atomic E-state index is 12.9. The molecule has 0 aliphatic carbocycles. The Bertz CT molecular complexity index is 1090. The fourth-order valence-electron chi connectivity index (χ4n) is 2.71. The number of rotatable bonds is 4. The molecule has 1 aromatic carbocycles. The van der Waals surface area contributed by atoms with Gasteiger partial charge in [-0.05, 0) is 32.9 Å². The third-order valence-corrected chi connectivity index (χ3v) is 5.72. The number of nitrogens with one attached hydrogen (secondary N) is 1. The van der Waals surface area contributed by atoms with Crippen LogP contribution >= 0.6 is 11.3 Å². The molecule has 0 spiro atoms. The fourth-order valence-corrected chi connectivity index (χ4v) is 3.68. The van der Waals surface area contributed by atoms with E-state index in [2.05, 4.69) is 20.4 Å². The molecule has 3 aromatic rings. The number of halogens is 3. The average Bonchev–Trinajstić information content (AvgIpc) is 3.28. The predicted molar refractivity (Wildman–Crippen MR) is 111 cm³/mol. The second-order valence-corrected chi connectivity index (χ2v) is 9.76. The summed E-state index contributed by atoms with van der Waals surface area (Å²) in [7, 11) is 0. The molecule has 0 aliphatic heterocycles. The number of alkyl halides is 3. The van der Waals surface area contributed by atoms with Crippen LogP contribution in [0.4, 0.5) is 13.2 Å². The van der Waals surface area contributed by atoms with Crippen LogP contribution in [0.5, 0.6) is 0 Å². The first-order chi connectivity index (χ1) is 14.2. The van der Waals surface area contributed by atoms with Crippen molar-refractivity contribution in [1.29, 1.82) is 0 Å². The lowest BCUT2D eigenvalue weighted by Crippen LogP contribution is -2.41. The Morgan fingerprint density at radius 3 is 2.16 bits per heavy atom. The third kappa shape index (κ3) is 4.95. The van der Waals surface area contributed by atoms with E-state index in [-0.39, 0.29) is 11.3 Å². The highest BCUT2D eigenvalue weighted by molar-refractivity contribution is 7.17. The van der Waals surface area contributed by atoms with Crippen molar-refractivity contribution in [2.75, 3.05) is 0 Å². The van der Waals surface area contributed by atoms with Crippen LogP contribution in [0.1, 0.15) is 67.3 Å². The van der Waals surface area contributed by atoms with Gasteiger partial charge in [-0.25, -0.2) is 4.98 Å². The maximum absolute atomic E-state index is 12.9. The summed E-state index contributed by atoms with van der Waals surface area (Å²) in [6.07, 6.45) is -4.41. The second-order valence-electron chi connectivity index (χ2n) is 8.76. The number of aryl methyl sites for hydroxylation is 1. The zero-order valence-electron chi connectivity index (χ0n) is 18.0. The number of amides is 1. The zero-order valence-corrected chi connectivity index (χ0v) is 18.8. The summed E-state index contributed by atoms with van der Waals surface area (Å²) in [5.41, 5.74) is -0.978. The van der Waals surface area contributed by atoms with E-state index >= 15 is 0 Å². The lowest BCUT2D eigenvalue weighted by atomic mass is 9.97. The highest BCUT2D eigenvalue weighted by Crippen LogP contribution is 2.33. The quantitative estimate of drug-likeness (QED) is 0.567. The van der Waals surface area contributed by atoms with Crippen LogP contribution in [-0.4, -0.2) is 21.0 Å². The second kappa shape index (κ2) is 7.74. The molecule has 31 heavy (non-hydrogen) atoms. The van der Waals surface area contributed by atoms with Gasteiger partial charge in [0.1, 0.15) is 9.88 Å². The van der Waals surface area contributed by atoms with E-state index in [0.717, 1.165) is 23.5 Å². The van der Waals surface area contributed by atoms with E-state index in [9.17, 15) is 18.0 Å². The molecule has 0 atom stereocenters. The molecule has 2 aromatic heterocycles. The van der Waals surface area contributed by atoms with Crippen molar-refractivity contribution >= 4 is 17.2 Å². The van der Waals surface area contributed by atoms with Crippen molar-refractivity contribution < 1.29 is 22.5 Å². The Morgan fingerprint density at radius 1 is 1.03 bits per heavy atom. The van der Waals surface area contributed by atoms with E-state index < -0.39 is 17.3 Å². The van der Waals surface area contributed by atoms with E-state index in [0.29, 0.717) is 32.9 Å². The Balaban J connectivity index is 1.81. The number of carbonyl (C=O) groups is 1. The molecule has 1 N–H and O–H groups in total. The van der Waals surface area contributed by atoms with Gasteiger partial charge in [0.05, 0.1) is 16.8 Å². The summed E-state index contributed by atoms with van der Waals surface area (Å²) < 4.78 is 43.7. The first kappa shape index (κ1) is 22.9. The van der Waals surface area contributed by atoms with Crippen LogP contribution in [0, 0.1) is 6.92 Å². The van der Waals surface area contributed by atoms with Gasteiger partial charge in [-0.2, -0.15) is 18.2 Å². The fraction of sp³-hybridized carbons (Fsp3) is 0.429. The lowest BCUT2D eigenvalue weighted by Gasteiger charge is -2.22. The lowest BCUT2D eigenvalue weighted by molar-refractivity contribution is -0.137. The van der Waals surface area contributed by atoms with Gasteiger partial charge in [0.2, 0.25) is 5.89 Å². The number of aromatic nitrogens is 3. The van der Waals surface area contributed by atoms with Gasteiger partial charge in [-0.15, -0.1) is 11.3 Å². The predicted octanol–water partition coefficient (Wildman–Crippen LogP) is 5.48. The number of benzene rings is 1. The van der Waals surface area contributed by atoms with Crippen molar-refractivity contribution in [3.63, 3.8) is 0 Å². The molecule has 6 nitrogen and oxygen atoms in total.